The summed E-state index contributed by atoms with van der Waals surface area (Å²) in [6, 6.07) is 12.0. The second-order valence-corrected chi connectivity index (χ2v) is 7.15. The molecule has 0 spiro atoms. The molecule has 0 saturated heterocycles. The highest BCUT2D eigenvalue weighted by Gasteiger charge is 2.15. The van der Waals surface area contributed by atoms with Crippen LogP contribution >= 0.6 is 11.8 Å². The van der Waals surface area contributed by atoms with Crippen LogP contribution in [0.25, 0.3) is 0 Å². The number of hydrogen-bond acceptors (Lipinski definition) is 5. The fraction of sp³-hybridized carbons (Fsp3) is 0.190. The lowest BCUT2D eigenvalue weighted by Gasteiger charge is -2.10. The topological polar surface area (TPSA) is 69.0 Å². The Hall–Kier alpha value is -3.20. The van der Waals surface area contributed by atoms with Crippen molar-refractivity contribution in [2.45, 2.75) is 24.9 Å². The Bertz CT molecular complexity index is 1010. The summed E-state index contributed by atoms with van der Waals surface area (Å²) in [7, 11) is 0. The molecule has 0 saturated carbocycles. The molecule has 0 fully saturated rings. The first kappa shape index (κ1) is 21.5. The van der Waals surface area contributed by atoms with Gasteiger partial charge in [-0.15, -0.1) is 16.8 Å². The van der Waals surface area contributed by atoms with E-state index < -0.39 is 5.82 Å². The second kappa shape index (κ2) is 10.5. The number of halogens is 2. The minimum atomic E-state index is -0.459. The van der Waals surface area contributed by atoms with Crippen molar-refractivity contribution in [3.63, 3.8) is 0 Å². The molecule has 0 aliphatic carbocycles. The van der Waals surface area contributed by atoms with Crippen LogP contribution in [0.1, 0.15) is 11.4 Å². The van der Waals surface area contributed by atoms with Crippen LogP contribution < -0.4 is 10.1 Å². The van der Waals surface area contributed by atoms with Crippen molar-refractivity contribution in [1.82, 2.24) is 20.1 Å². The summed E-state index contributed by atoms with van der Waals surface area (Å²) in [4.78, 5) is 12.1. The van der Waals surface area contributed by atoms with Crippen molar-refractivity contribution in [1.29, 1.82) is 0 Å². The number of aromatic nitrogens is 3. The number of benzene rings is 2. The number of ether oxygens (including phenoxy) is 1. The predicted octanol–water partition coefficient (Wildman–Crippen LogP) is 3.73. The monoisotopic (exact) mass is 430 g/mol. The van der Waals surface area contributed by atoms with Gasteiger partial charge in [0, 0.05) is 13.1 Å². The summed E-state index contributed by atoms with van der Waals surface area (Å²) >= 11 is 1.22. The summed E-state index contributed by atoms with van der Waals surface area (Å²) in [6.07, 6.45) is 1.68. The van der Waals surface area contributed by atoms with Gasteiger partial charge in [-0.3, -0.25) is 9.36 Å². The normalized spacial score (nSPS) is 10.6. The molecule has 0 radical (unpaired) electrons. The first-order chi connectivity index (χ1) is 14.6. The number of carbonyl (C=O) groups is 1. The molecular weight excluding hydrogens is 410 g/mol. The smallest absolute Gasteiger partial charge is 0.230 e. The van der Waals surface area contributed by atoms with Crippen molar-refractivity contribution < 1.29 is 18.3 Å². The van der Waals surface area contributed by atoms with E-state index in [1.807, 2.05) is 0 Å². The predicted molar refractivity (Wildman–Crippen MR) is 110 cm³/mol. The minimum Gasteiger partial charge on any atom is -0.483 e. The molecule has 3 rings (SSSR count). The van der Waals surface area contributed by atoms with Gasteiger partial charge in [-0.05, 0) is 29.8 Å². The van der Waals surface area contributed by atoms with Crippen molar-refractivity contribution in [3.05, 3.63) is 84.2 Å². The third-order valence-corrected chi connectivity index (χ3v) is 5.00. The van der Waals surface area contributed by atoms with Gasteiger partial charge in [0.05, 0.1) is 5.75 Å². The van der Waals surface area contributed by atoms with Gasteiger partial charge in [0.25, 0.3) is 0 Å². The number of thioether (sulfide) groups is 1. The van der Waals surface area contributed by atoms with E-state index in [1.165, 1.54) is 36.0 Å². The first-order valence-electron chi connectivity index (χ1n) is 9.11. The maximum Gasteiger partial charge on any atom is 0.230 e. The van der Waals surface area contributed by atoms with Crippen LogP contribution in [0.5, 0.6) is 5.75 Å². The average Bonchev–Trinajstić information content (AvgIpc) is 3.13. The van der Waals surface area contributed by atoms with E-state index in [0.29, 0.717) is 24.1 Å². The van der Waals surface area contributed by atoms with Crippen LogP contribution in [0.3, 0.4) is 0 Å². The quantitative estimate of drug-likeness (QED) is 0.392. The number of carbonyl (C=O) groups excluding carboxylic acids is 1. The molecule has 0 unspecified atom stereocenters. The molecule has 1 heterocycles. The van der Waals surface area contributed by atoms with E-state index in [0.717, 1.165) is 5.56 Å². The molecular formula is C21H20F2N4O2S. The fourth-order valence-corrected chi connectivity index (χ4v) is 3.33. The number of para-hydroxylation sites is 1. The Morgan fingerprint density at radius 1 is 1.17 bits per heavy atom. The summed E-state index contributed by atoms with van der Waals surface area (Å²) in [5.74, 6) is -0.226. The van der Waals surface area contributed by atoms with E-state index in [1.54, 1.807) is 34.9 Å². The SMILES string of the molecule is C=CCn1c(COc2ccccc2F)nnc1SCC(=O)NCc1ccc(F)cc1. The van der Waals surface area contributed by atoms with Gasteiger partial charge in [0.15, 0.2) is 22.5 Å². The molecule has 0 atom stereocenters. The number of allylic oxidation sites excluding steroid dienone is 1. The third kappa shape index (κ3) is 5.90. The van der Waals surface area contributed by atoms with Crippen LogP contribution in [0.2, 0.25) is 0 Å². The maximum absolute atomic E-state index is 13.7. The van der Waals surface area contributed by atoms with Crippen LogP contribution in [-0.2, 0) is 24.5 Å². The zero-order valence-corrected chi connectivity index (χ0v) is 16.9. The molecule has 156 valence electrons. The summed E-state index contributed by atoms with van der Waals surface area (Å²) in [5, 5.41) is 11.5. The molecule has 3 aromatic rings. The zero-order valence-electron chi connectivity index (χ0n) is 16.1. The van der Waals surface area contributed by atoms with Crippen molar-refractivity contribution in [2.24, 2.45) is 0 Å². The van der Waals surface area contributed by atoms with E-state index in [2.05, 4.69) is 22.1 Å². The minimum absolute atomic E-state index is 0.0269. The van der Waals surface area contributed by atoms with Gasteiger partial charge in [0.1, 0.15) is 12.4 Å². The zero-order chi connectivity index (χ0) is 21.3. The molecule has 1 N–H and O–H groups in total. The molecule has 1 amide bonds. The number of hydrogen-bond donors (Lipinski definition) is 1. The second-order valence-electron chi connectivity index (χ2n) is 6.21. The molecule has 2 aromatic carbocycles. The molecule has 0 aliphatic rings. The number of rotatable bonds is 10. The average molecular weight is 430 g/mol. The Kier molecular flexibility index (Phi) is 7.56. The molecule has 30 heavy (non-hydrogen) atoms. The highest BCUT2D eigenvalue weighted by Crippen LogP contribution is 2.20. The Morgan fingerprint density at radius 3 is 2.67 bits per heavy atom. The van der Waals surface area contributed by atoms with Crippen LogP contribution in [0.15, 0.2) is 66.3 Å². The van der Waals surface area contributed by atoms with Gasteiger partial charge < -0.3 is 10.1 Å². The van der Waals surface area contributed by atoms with Gasteiger partial charge >= 0.3 is 0 Å². The molecule has 9 heteroatoms. The van der Waals surface area contributed by atoms with Crippen molar-refractivity contribution in [2.75, 3.05) is 5.75 Å². The van der Waals surface area contributed by atoms with Gasteiger partial charge in [0.2, 0.25) is 5.91 Å². The van der Waals surface area contributed by atoms with Crippen LogP contribution in [-0.4, -0.2) is 26.4 Å². The van der Waals surface area contributed by atoms with Crippen LogP contribution in [0.4, 0.5) is 8.78 Å². The standard InChI is InChI=1S/C21H20F2N4O2S/c1-2-11-27-19(13-29-18-6-4-3-5-17(18)23)25-26-21(27)30-14-20(28)24-12-15-7-9-16(22)10-8-15/h2-10H,1,11-14H2,(H,24,28). The van der Waals surface area contributed by atoms with E-state index in [9.17, 15) is 13.6 Å². The van der Waals surface area contributed by atoms with Crippen molar-refractivity contribution >= 4 is 17.7 Å². The Morgan fingerprint density at radius 2 is 1.93 bits per heavy atom. The van der Waals surface area contributed by atoms with Gasteiger partial charge in [-0.2, -0.15) is 0 Å². The molecule has 1 aromatic heterocycles. The lowest BCUT2D eigenvalue weighted by molar-refractivity contribution is -0.118. The van der Waals surface area contributed by atoms with E-state index >= 15 is 0 Å². The number of nitrogens with one attached hydrogen (secondary N) is 1. The van der Waals surface area contributed by atoms with Crippen LogP contribution in [0, 0.1) is 11.6 Å². The fourth-order valence-electron chi connectivity index (χ4n) is 2.53. The summed E-state index contributed by atoms with van der Waals surface area (Å²) in [5.41, 5.74) is 0.803. The Labute approximate surface area is 177 Å². The van der Waals surface area contributed by atoms with E-state index in [-0.39, 0.29) is 29.8 Å². The summed E-state index contributed by atoms with van der Waals surface area (Å²) < 4.78 is 33.9. The molecule has 0 bridgehead atoms. The lowest BCUT2D eigenvalue weighted by atomic mass is 10.2. The summed E-state index contributed by atoms with van der Waals surface area (Å²) in [6.45, 7) is 4.47. The highest BCUT2D eigenvalue weighted by molar-refractivity contribution is 7.99. The van der Waals surface area contributed by atoms with Gasteiger partial charge in [-0.25, -0.2) is 8.78 Å². The molecule has 0 aliphatic heterocycles. The van der Waals surface area contributed by atoms with E-state index in [4.69, 9.17) is 4.74 Å². The Balaban J connectivity index is 1.56. The number of nitrogens with zero attached hydrogens (tertiary/aromatic N) is 3. The third-order valence-electron chi connectivity index (χ3n) is 4.03. The number of amides is 1. The van der Waals surface area contributed by atoms with Crippen molar-refractivity contribution in [3.8, 4) is 5.75 Å². The lowest BCUT2D eigenvalue weighted by Crippen LogP contribution is -2.24. The maximum atomic E-state index is 13.7. The molecule has 6 nitrogen and oxygen atoms in total. The first-order valence-corrected chi connectivity index (χ1v) is 10.1. The highest BCUT2D eigenvalue weighted by atomic mass is 32.2. The van der Waals surface area contributed by atoms with Gasteiger partial charge in [-0.1, -0.05) is 42.1 Å². The largest absolute Gasteiger partial charge is 0.483 e.